The predicted molar refractivity (Wildman–Crippen MR) is 203 cm³/mol. The summed E-state index contributed by atoms with van der Waals surface area (Å²) in [6, 6.07) is 58.5. The second kappa shape index (κ2) is 11.4. The van der Waals surface area contributed by atoms with Crippen molar-refractivity contribution in [3.8, 4) is 51.0 Å². The van der Waals surface area contributed by atoms with E-state index in [1.807, 2.05) is 36.4 Å². The molecule has 3 aromatic heterocycles. The van der Waals surface area contributed by atoms with Crippen molar-refractivity contribution in [2.45, 2.75) is 0 Å². The summed E-state index contributed by atoms with van der Waals surface area (Å²) >= 11 is 0. The van der Waals surface area contributed by atoms with Crippen molar-refractivity contribution in [3.05, 3.63) is 170 Å². The van der Waals surface area contributed by atoms with Gasteiger partial charge in [-0.1, -0.05) is 133 Å². The molecule has 50 heavy (non-hydrogen) atoms. The van der Waals surface area contributed by atoms with Crippen molar-refractivity contribution >= 4 is 43.7 Å². The third-order valence-electron chi connectivity index (χ3n) is 9.45. The molecule has 0 radical (unpaired) electrons. The highest BCUT2D eigenvalue weighted by Gasteiger charge is 2.19. The maximum absolute atomic E-state index is 6.77. The molecule has 3 heterocycles. The molecule has 0 unspecified atom stereocenters. The number of nitrogens with zero attached hydrogens (tertiary/aromatic N) is 4. The fraction of sp³-hybridized carbons (Fsp3) is 0. The van der Waals surface area contributed by atoms with Gasteiger partial charge < -0.3 is 8.98 Å². The molecule has 10 rings (SSSR count). The summed E-state index contributed by atoms with van der Waals surface area (Å²) in [4.78, 5) is 15.0. The molecule has 5 heteroatoms. The molecule has 5 nitrogen and oxygen atoms in total. The molecule has 0 atom stereocenters. The zero-order chi connectivity index (χ0) is 33.0. The second-order valence-electron chi connectivity index (χ2n) is 12.5. The molecule has 0 aliphatic heterocycles. The van der Waals surface area contributed by atoms with Gasteiger partial charge in [0.1, 0.15) is 5.58 Å². The number of fused-ring (bicyclic) bond motifs is 6. The maximum Gasteiger partial charge on any atom is 0.164 e. The largest absolute Gasteiger partial charge is 0.454 e. The van der Waals surface area contributed by atoms with Crippen molar-refractivity contribution in [1.29, 1.82) is 0 Å². The standard InChI is InChI=1S/C45H28N4O/c1-3-13-29(14-4-1)31-17-11-18-32(27-31)44-46-43(30-15-5-2-6-16-30)47-45(48-44)33-25-26-36-37-21-12-24-40(42(37)50-41(36)28-33)49-38-22-9-7-19-34(38)35-20-8-10-23-39(35)49/h1-28H. The van der Waals surface area contributed by atoms with E-state index in [9.17, 15) is 0 Å². The molecular weight excluding hydrogens is 613 g/mol. The van der Waals surface area contributed by atoms with E-state index >= 15 is 0 Å². The fourth-order valence-corrected chi connectivity index (χ4v) is 7.10. The Bertz CT molecular complexity index is 2820. The molecular formula is C45H28N4O. The molecule has 0 amide bonds. The van der Waals surface area contributed by atoms with Gasteiger partial charge in [-0.05, 0) is 47.5 Å². The van der Waals surface area contributed by atoms with Gasteiger partial charge in [0.05, 0.1) is 16.7 Å². The van der Waals surface area contributed by atoms with Crippen molar-refractivity contribution in [1.82, 2.24) is 19.5 Å². The Morgan fingerprint density at radius 1 is 0.360 bits per heavy atom. The first-order valence-corrected chi connectivity index (χ1v) is 16.7. The molecule has 10 aromatic rings. The number of rotatable bonds is 5. The summed E-state index contributed by atoms with van der Waals surface area (Å²) in [5.74, 6) is 1.82. The van der Waals surface area contributed by atoms with Gasteiger partial charge in [0, 0.05) is 38.2 Å². The summed E-state index contributed by atoms with van der Waals surface area (Å²) in [5.41, 5.74) is 9.86. The molecule has 0 spiro atoms. The summed E-state index contributed by atoms with van der Waals surface area (Å²) in [7, 11) is 0. The summed E-state index contributed by atoms with van der Waals surface area (Å²) in [6.45, 7) is 0. The minimum atomic E-state index is 0.587. The van der Waals surface area contributed by atoms with Crippen LogP contribution in [0, 0.1) is 0 Å². The molecule has 0 fully saturated rings. The van der Waals surface area contributed by atoms with Gasteiger partial charge in [-0.15, -0.1) is 0 Å². The van der Waals surface area contributed by atoms with Crippen LogP contribution < -0.4 is 0 Å². The average molecular weight is 641 g/mol. The molecule has 0 saturated heterocycles. The molecule has 0 N–H and O–H groups in total. The van der Waals surface area contributed by atoms with Crippen LogP contribution in [-0.2, 0) is 0 Å². The van der Waals surface area contributed by atoms with Crippen molar-refractivity contribution in [3.63, 3.8) is 0 Å². The molecule has 0 aliphatic rings. The zero-order valence-corrected chi connectivity index (χ0v) is 26.9. The molecule has 0 aliphatic carbocycles. The zero-order valence-electron chi connectivity index (χ0n) is 26.9. The summed E-state index contributed by atoms with van der Waals surface area (Å²) < 4.78 is 9.08. The van der Waals surface area contributed by atoms with Gasteiger partial charge in [-0.25, -0.2) is 15.0 Å². The van der Waals surface area contributed by atoms with Crippen LogP contribution in [0.15, 0.2) is 174 Å². The van der Waals surface area contributed by atoms with E-state index in [0.29, 0.717) is 17.5 Å². The SMILES string of the molecule is c1ccc(-c2cccc(-c3nc(-c4ccccc4)nc(-c4ccc5c(c4)oc4c(-n6c7ccccc7c7ccccc76)cccc45)n3)c2)cc1. The van der Waals surface area contributed by atoms with E-state index in [-0.39, 0.29) is 0 Å². The number of aromatic nitrogens is 4. The fourth-order valence-electron chi connectivity index (χ4n) is 7.10. The van der Waals surface area contributed by atoms with Gasteiger partial charge in [0.25, 0.3) is 0 Å². The van der Waals surface area contributed by atoms with Crippen LogP contribution in [0.25, 0.3) is 94.7 Å². The van der Waals surface area contributed by atoms with Crippen LogP contribution in [0.1, 0.15) is 0 Å². The Balaban J connectivity index is 1.15. The Hall–Kier alpha value is -6.85. The monoisotopic (exact) mass is 640 g/mol. The Morgan fingerprint density at radius 3 is 1.58 bits per heavy atom. The van der Waals surface area contributed by atoms with Gasteiger partial charge in [0.2, 0.25) is 0 Å². The quantitative estimate of drug-likeness (QED) is 0.188. The molecule has 234 valence electrons. The summed E-state index contributed by atoms with van der Waals surface area (Å²) in [5, 5.41) is 4.53. The van der Waals surface area contributed by atoms with Crippen LogP contribution in [0.5, 0.6) is 0 Å². The molecule has 0 bridgehead atoms. The van der Waals surface area contributed by atoms with Crippen LogP contribution >= 0.6 is 0 Å². The maximum atomic E-state index is 6.77. The lowest BCUT2D eigenvalue weighted by molar-refractivity contribution is 0.666. The van der Waals surface area contributed by atoms with Gasteiger partial charge in [-0.3, -0.25) is 0 Å². The normalized spacial score (nSPS) is 11.6. The minimum Gasteiger partial charge on any atom is -0.454 e. The van der Waals surface area contributed by atoms with E-state index in [0.717, 1.165) is 66.5 Å². The highest BCUT2D eigenvalue weighted by molar-refractivity contribution is 6.13. The van der Waals surface area contributed by atoms with Crippen LogP contribution in [-0.4, -0.2) is 19.5 Å². The first-order valence-electron chi connectivity index (χ1n) is 16.7. The highest BCUT2D eigenvalue weighted by atomic mass is 16.3. The lowest BCUT2D eigenvalue weighted by Gasteiger charge is -2.09. The molecule has 7 aromatic carbocycles. The van der Waals surface area contributed by atoms with Crippen molar-refractivity contribution < 1.29 is 4.42 Å². The Kier molecular flexibility index (Phi) is 6.42. The van der Waals surface area contributed by atoms with E-state index in [4.69, 9.17) is 19.4 Å². The van der Waals surface area contributed by atoms with Crippen molar-refractivity contribution in [2.24, 2.45) is 0 Å². The third-order valence-corrected chi connectivity index (χ3v) is 9.45. The minimum absolute atomic E-state index is 0.587. The van der Waals surface area contributed by atoms with E-state index in [2.05, 4.69) is 138 Å². The highest BCUT2D eigenvalue weighted by Crippen LogP contribution is 2.39. The van der Waals surface area contributed by atoms with Gasteiger partial charge in [0.15, 0.2) is 23.1 Å². The first kappa shape index (κ1) is 28.2. The lowest BCUT2D eigenvalue weighted by Crippen LogP contribution is -2.00. The van der Waals surface area contributed by atoms with Crippen LogP contribution in [0.3, 0.4) is 0 Å². The van der Waals surface area contributed by atoms with Crippen molar-refractivity contribution in [2.75, 3.05) is 0 Å². The van der Waals surface area contributed by atoms with E-state index in [1.165, 1.54) is 10.8 Å². The smallest absolute Gasteiger partial charge is 0.164 e. The first-order chi connectivity index (χ1) is 24.8. The van der Waals surface area contributed by atoms with Crippen LogP contribution in [0.2, 0.25) is 0 Å². The number of furan rings is 1. The second-order valence-corrected chi connectivity index (χ2v) is 12.5. The van der Waals surface area contributed by atoms with Gasteiger partial charge >= 0.3 is 0 Å². The topological polar surface area (TPSA) is 56.7 Å². The number of benzene rings is 7. The molecule has 0 saturated carbocycles. The number of hydrogen-bond donors (Lipinski definition) is 0. The number of para-hydroxylation sites is 3. The van der Waals surface area contributed by atoms with Gasteiger partial charge in [-0.2, -0.15) is 0 Å². The third kappa shape index (κ3) is 4.60. The number of hydrogen-bond acceptors (Lipinski definition) is 4. The van der Waals surface area contributed by atoms with E-state index in [1.54, 1.807) is 0 Å². The van der Waals surface area contributed by atoms with Crippen LogP contribution in [0.4, 0.5) is 0 Å². The predicted octanol–water partition coefficient (Wildman–Crippen LogP) is 11.5. The lowest BCUT2D eigenvalue weighted by atomic mass is 10.0. The average Bonchev–Trinajstić information content (AvgIpc) is 3.74. The summed E-state index contributed by atoms with van der Waals surface area (Å²) in [6.07, 6.45) is 0. The van der Waals surface area contributed by atoms with E-state index < -0.39 is 0 Å². The Morgan fingerprint density at radius 2 is 0.880 bits per heavy atom. The Labute approximate surface area is 287 Å².